The average Bonchev–Trinajstić information content (AvgIpc) is 2.47. The van der Waals surface area contributed by atoms with Gasteiger partial charge in [0.1, 0.15) is 11.6 Å². The second-order valence-corrected chi connectivity index (χ2v) is 6.14. The van der Waals surface area contributed by atoms with E-state index in [4.69, 9.17) is 5.73 Å². The predicted octanol–water partition coefficient (Wildman–Crippen LogP) is 3.39. The number of halogens is 2. The lowest BCUT2D eigenvalue weighted by Crippen LogP contribution is -2.32. The Kier molecular flexibility index (Phi) is 6.58. The van der Waals surface area contributed by atoms with Crippen LogP contribution in [0.1, 0.15) is 44.1 Å². The van der Waals surface area contributed by atoms with Crippen LogP contribution in [0.3, 0.4) is 0 Å². The van der Waals surface area contributed by atoms with Crippen molar-refractivity contribution in [2.75, 3.05) is 13.1 Å². The van der Waals surface area contributed by atoms with Gasteiger partial charge < -0.3 is 11.1 Å². The van der Waals surface area contributed by atoms with Crippen molar-refractivity contribution in [2.45, 2.75) is 51.0 Å². The molecular weight excluding hydrogens is 270 g/mol. The molecule has 118 valence electrons. The SMILES string of the molecule is NC1CCC(CNCCCCc2c(F)cccc2F)CC1. The molecule has 0 amide bonds. The molecule has 21 heavy (non-hydrogen) atoms. The predicted molar refractivity (Wildman–Crippen MR) is 82.1 cm³/mol. The fourth-order valence-corrected chi connectivity index (χ4v) is 3.02. The highest BCUT2D eigenvalue weighted by Gasteiger charge is 2.17. The molecule has 0 aromatic heterocycles. The molecule has 1 aromatic rings. The monoisotopic (exact) mass is 296 g/mol. The molecule has 3 N–H and O–H groups in total. The van der Waals surface area contributed by atoms with E-state index in [1.54, 1.807) is 0 Å². The molecule has 0 radical (unpaired) electrons. The third-order valence-corrected chi connectivity index (χ3v) is 4.42. The molecule has 0 aliphatic heterocycles. The van der Waals surface area contributed by atoms with E-state index in [-0.39, 0.29) is 5.56 Å². The zero-order valence-corrected chi connectivity index (χ0v) is 12.6. The van der Waals surface area contributed by atoms with Crippen LogP contribution in [0.15, 0.2) is 18.2 Å². The van der Waals surface area contributed by atoms with E-state index in [1.807, 2.05) is 0 Å². The maximum absolute atomic E-state index is 13.4. The van der Waals surface area contributed by atoms with Gasteiger partial charge in [-0.2, -0.15) is 0 Å². The fourth-order valence-electron chi connectivity index (χ4n) is 3.02. The minimum atomic E-state index is -0.429. The summed E-state index contributed by atoms with van der Waals surface area (Å²) >= 11 is 0. The summed E-state index contributed by atoms with van der Waals surface area (Å²) in [6.45, 7) is 1.96. The van der Waals surface area contributed by atoms with Gasteiger partial charge in [-0.3, -0.25) is 0 Å². The Bertz CT molecular complexity index is 409. The second kappa shape index (κ2) is 8.44. The average molecular weight is 296 g/mol. The first kappa shape index (κ1) is 16.4. The summed E-state index contributed by atoms with van der Waals surface area (Å²) in [4.78, 5) is 0. The smallest absolute Gasteiger partial charge is 0.129 e. The summed E-state index contributed by atoms with van der Waals surface area (Å²) in [6.07, 6.45) is 6.93. The molecule has 0 spiro atoms. The molecule has 1 saturated carbocycles. The normalized spacial score (nSPS) is 22.4. The first-order valence-electron chi connectivity index (χ1n) is 8.06. The Morgan fingerprint density at radius 1 is 1.05 bits per heavy atom. The molecule has 2 nitrogen and oxygen atoms in total. The first-order valence-corrected chi connectivity index (χ1v) is 8.06. The number of rotatable bonds is 7. The molecule has 0 atom stereocenters. The number of hydrogen-bond donors (Lipinski definition) is 2. The fraction of sp³-hybridized carbons (Fsp3) is 0.647. The van der Waals surface area contributed by atoms with Gasteiger partial charge in [0.15, 0.2) is 0 Å². The van der Waals surface area contributed by atoms with E-state index in [0.717, 1.165) is 44.7 Å². The molecule has 0 unspecified atom stereocenters. The second-order valence-electron chi connectivity index (χ2n) is 6.14. The summed E-state index contributed by atoms with van der Waals surface area (Å²) in [7, 11) is 0. The Hall–Kier alpha value is -1.00. The van der Waals surface area contributed by atoms with Crippen molar-refractivity contribution in [3.63, 3.8) is 0 Å². The largest absolute Gasteiger partial charge is 0.328 e. The van der Waals surface area contributed by atoms with E-state index >= 15 is 0 Å². The van der Waals surface area contributed by atoms with Crippen molar-refractivity contribution in [3.8, 4) is 0 Å². The van der Waals surface area contributed by atoms with Crippen molar-refractivity contribution < 1.29 is 8.78 Å². The highest BCUT2D eigenvalue weighted by Crippen LogP contribution is 2.22. The van der Waals surface area contributed by atoms with Crippen molar-refractivity contribution in [3.05, 3.63) is 35.4 Å². The lowest BCUT2D eigenvalue weighted by Gasteiger charge is -2.26. The maximum Gasteiger partial charge on any atom is 0.129 e. The molecule has 1 aliphatic rings. The number of hydrogen-bond acceptors (Lipinski definition) is 2. The van der Waals surface area contributed by atoms with Crippen LogP contribution in [-0.4, -0.2) is 19.1 Å². The molecule has 1 fully saturated rings. The minimum Gasteiger partial charge on any atom is -0.328 e. The van der Waals surface area contributed by atoms with Crippen LogP contribution in [0, 0.1) is 17.6 Å². The van der Waals surface area contributed by atoms with Crippen molar-refractivity contribution in [1.82, 2.24) is 5.32 Å². The van der Waals surface area contributed by atoms with E-state index < -0.39 is 11.6 Å². The zero-order chi connectivity index (χ0) is 15.1. The molecule has 0 heterocycles. The van der Waals surface area contributed by atoms with E-state index in [1.165, 1.54) is 31.0 Å². The molecule has 1 aromatic carbocycles. The summed E-state index contributed by atoms with van der Waals surface area (Å²) in [6, 6.07) is 4.46. The Labute approximate surface area is 126 Å². The first-order chi connectivity index (χ1) is 10.2. The van der Waals surface area contributed by atoms with Gasteiger partial charge in [-0.25, -0.2) is 8.78 Å². The van der Waals surface area contributed by atoms with Gasteiger partial charge in [0.25, 0.3) is 0 Å². The summed E-state index contributed by atoms with van der Waals surface area (Å²) in [5.41, 5.74) is 6.11. The summed E-state index contributed by atoms with van der Waals surface area (Å²) in [5, 5.41) is 3.46. The number of nitrogens with one attached hydrogen (secondary N) is 1. The summed E-state index contributed by atoms with van der Waals surface area (Å²) < 4.78 is 26.9. The van der Waals surface area contributed by atoms with Gasteiger partial charge in [-0.05, 0) is 76.1 Å². The molecule has 1 aliphatic carbocycles. The van der Waals surface area contributed by atoms with Crippen LogP contribution in [0.25, 0.3) is 0 Å². The topological polar surface area (TPSA) is 38.0 Å². The van der Waals surface area contributed by atoms with Gasteiger partial charge in [-0.1, -0.05) is 6.07 Å². The van der Waals surface area contributed by atoms with Gasteiger partial charge in [0.05, 0.1) is 0 Å². The number of unbranched alkanes of at least 4 members (excludes halogenated alkanes) is 1. The molecule has 0 saturated heterocycles. The van der Waals surface area contributed by atoms with Crippen molar-refractivity contribution >= 4 is 0 Å². The van der Waals surface area contributed by atoms with Gasteiger partial charge in [-0.15, -0.1) is 0 Å². The molecule has 0 bridgehead atoms. The van der Waals surface area contributed by atoms with Gasteiger partial charge >= 0.3 is 0 Å². The van der Waals surface area contributed by atoms with E-state index in [0.29, 0.717) is 12.5 Å². The Balaban J connectivity index is 1.56. The van der Waals surface area contributed by atoms with Crippen LogP contribution in [-0.2, 0) is 6.42 Å². The quantitative estimate of drug-likeness (QED) is 0.757. The third-order valence-electron chi connectivity index (χ3n) is 4.42. The van der Waals surface area contributed by atoms with Gasteiger partial charge in [0.2, 0.25) is 0 Å². The minimum absolute atomic E-state index is 0.221. The lowest BCUT2D eigenvalue weighted by atomic mass is 9.86. The van der Waals surface area contributed by atoms with Crippen LogP contribution in [0.4, 0.5) is 8.78 Å². The van der Waals surface area contributed by atoms with Crippen molar-refractivity contribution in [2.24, 2.45) is 11.7 Å². The Morgan fingerprint density at radius 3 is 2.38 bits per heavy atom. The highest BCUT2D eigenvalue weighted by molar-refractivity contribution is 5.19. The van der Waals surface area contributed by atoms with Crippen LogP contribution < -0.4 is 11.1 Å². The Morgan fingerprint density at radius 2 is 1.71 bits per heavy atom. The maximum atomic E-state index is 13.4. The zero-order valence-electron chi connectivity index (χ0n) is 12.6. The molecule has 2 rings (SSSR count). The van der Waals surface area contributed by atoms with E-state index in [9.17, 15) is 8.78 Å². The van der Waals surface area contributed by atoms with Crippen LogP contribution in [0.5, 0.6) is 0 Å². The number of nitrogens with two attached hydrogens (primary N) is 1. The standard InChI is InChI=1S/C17H26F2N2/c18-16-5-3-6-17(19)15(16)4-1-2-11-21-12-13-7-9-14(20)10-8-13/h3,5-6,13-14,21H,1-2,4,7-12,20H2. The van der Waals surface area contributed by atoms with Crippen LogP contribution >= 0.6 is 0 Å². The molecular formula is C17H26F2N2. The van der Waals surface area contributed by atoms with Gasteiger partial charge in [0, 0.05) is 11.6 Å². The highest BCUT2D eigenvalue weighted by atomic mass is 19.1. The molecule has 4 heteroatoms. The lowest BCUT2D eigenvalue weighted by molar-refractivity contribution is 0.314. The number of benzene rings is 1. The van der Waals surface area contributed by atoms with Crippen molar-refractivity contribution in [1.29, 1.82) is 0 Å². The van der Waals surface area contributed by atoms with Crippen LogP contribution in [0.2, 0.25) is 0 Å². The third kappa shape index (κ3) is 5.36. The summed E-state index contributed by atoms with van der Waals surface area (Å²) in [5.74, 6) is -0.114. The van der Waals surface area contributed by atoms with E-state index in [2.05, 4.69) is 5.32 Å².